The van der Waals surface area contributed by atoms with E-state index in [4.69, 9.17) is 5.73 Å². The number of aromatic nitrogens is 2. The normalized spacial score (nSPS) is 21.9. The molecule has 3 N–H and O–H groups in total. The van der Waals surface area contributed by atoms with E-state index < -0.39 is 11.7 Å². The second-order valence-corrected chi connectivity index (χ2v) is 9.38. The maximum absolute atomic E-state index is 13.8. The number of pyridine rings is 2. The van der Waals surface area contributed by atoms with E-state index in [2.05, 4.69) is 26.9 Å². The van der Waals surface area contributed by atoms with Gasteiger partial charge in [0.1, 0.15) is 11.5 Å². The fourth-order valence-electron chi connectivity index (χ4n) is 4.41. The largest absolute Gasteiger partial charge is 0.417 e. The summed E-state index contributed by atoms with van der Waals surface area (Å²) in [5.41, 5.74) is 7.37. The Kier molecular flexibility index (Phi) is 7.14. The van der Waals surface area contributed by atoms with Crippen LogP contribution in [0.4, 0.5) is 19.0 Å². The number of nitrogens with zero attached hydrogens (tertiary/aromatic N) is 4. The van der Waals surface area contributed by atoms with E-state index in [1.54, 1.807) is 25.3 Å². The number of fused-ring (bicyclic) bond motifs is 1. The number of carbonyl (C=O) groups is 1. The Morgan fingerprint density at radius 2 is 2.06 bits per heavy atom. The Balaban J connectivity index is 1.54. The van der Waals surface area contributed by atoms with E-state index >= 15 is 0 Å². The molecule has 2 aromatic rings. The lowest BCUT2D eigenvalue weighted by Gasteiger charge is -2.36. The SMILES string of the molecule is C=C(N=C/C(C)=C\N)c1ccc(C)nc1C(=O)N1C[C@@H]2C[C@@H]2CC1CNc1ccc(C(F)(F)F)cn1. The molecule has 2 aliphatic rings. The van der Waals surface area contributed by atoms with Crippen LogP contribution in [-0.2, 0) is 6.18 Å². The van der Waals surface area contributed by atoms with Gasteiger partial charge in [-0.05, 0) is 74.6 Å². The molecule has 1 unspecified atom stereocenters. The Morgan fingerprint density at radius 1 is 1.28 bits per heavy atom. The summed E-state index contributed by atoms with van der Waals surface area (Å²) in [7, 11) is 0. The lowest BCUT2D eigenvalue weighted by atomic mass is 10.00. The average Bonchev–Trinajstić information content (AvgIpc) is 3.62. The van der Waals surface area contributed by atoms with Gasteiger partial charge in [-0.1, -0.05) is 6.58 Å². The quantitative estimate of drug-likeness (QED) is 0.541. The molecule has 0 radical (unpaired) electrons. The number of hydrogen-bond acceptors (Lipinski definition) is 6. The number of alkyl halides is 3. The first kappa shape index (κ1) is 25.4. The molecular weight excluding hydrogens is 469 g/mol. The van der Waals surface area contributed by atoms with Crippen molar-refractivity contribution in [3.63, 3.8) is 0 Å². The standard InChI is InChI=1S/C26H29F3N6O/c1-15(10-30)11-31-17(3)22-6-4-16(2)34-24(22)25(36)35-14-19-8-18(19)9-21(35)13-33-23-7-5-20(12-32-23)26(27,28)29/h4-7,10-12,18-19,21H,3,8-9,13-14,30H2,1-2H3,(H,32,33)/b15-10-,31-11?/t18-,19+,21?/m1/s1. The van der Waals surface area contributed by atoms with Gasteiger partial charge in [-0.25, -0.2) is 9.97 Å². The molecule has 1 aliphatic heterocycles. The number of nitrogens with two attached hydrogens (primary N) is 1. The van der Waals surface area contributed by atoms with Gasteiger partial charge in [0.05, 0.1) is 11.3 Å². The summed E-state index contributed by atoms with van der Waals surface area (Å²) in [6, 6.07) is 5.74. The topological polar surface area (TPSA) is 96.5 Å². The summed E-state index contributed by atoms with van der Waals surface area (Å²) in [5.74, 6) is 1.13. The molecule has 1 saturated carbocycles. The number of carbonyl (C=O) groups excluding carboxylic acids is 1. The molecule has 1 saturated heterocycles. The number of aliphatic imine (C=N–C) groups is 1. The first-order valence-corrected chi connectivity index (χ1v) is 11.7. The monoisotopic (exact) mass is 498 g/mol. The zero-order chi connectivity index (χ0) is 26.0. The van der Waals surface area contributed by atoms with Crippen molar-refractivity contribution < 1.29 is 18.0 Å². The number of nitrogens with one attached hydrogen (secondary N) is 1. The smallest absolute Gasteiger partial charge is 0.404 e. The fraction of sp³-hybridized carbons (Fsp3) is 0.385. The van der Waals surface area contributed by atoms with E-state index in [1.165, 1.54) is 12.3 Å². The molecule has 2 fully saturated rings. The number of allylic oxidation sites excluding steroid dienone is 1. The lowest BCUT2D eigenvalue weighted by molar-refractivity contribution is -0.137. The van der Waals surface area contributed by atoms with Gasteiger partial charge in [0.2, 0.25) is 0 Å². The van der Waals surface area contributed by atoms with Crippen LogP contribution < -0.4 is 11.1 Å². The minimum Gasteiger partial charge on any atom is -0.404 e. The molecule has 10 heteroatoms. The molecule has 0 aromatic carbocycles. The summed E-state index contributed by atoms with van der Waals surface area (Å²) in [6.07, 6.45) is 1.25. The van der Waals surface area contributed by atoms with E-state index in [-0.39, 0.29) is 17.6 Å². The predicted octanol–water partition coefficient (Wildman–Crippen LogP) is 4.67. The molecule has 190 valence electrons. The fourth-order valence-corrected chi connectivity index (χ4v) is 4.41. The van der Waals surface area contributed by atoms with Gasteiger partial charge in [-0.2, -0.15) is 13.2 Å². The van der Waals surface area contributed by atoms with Gasteiger partial charge in [0.15, 0.2) is 0 Å². The summed E-state index contributed by atoms with van der Waals surface area (Å²) in [5, 5.41) is 3.10. The molecule has 0 bridgehead atoms. The van der Waals surface area contributed by atoms with Crippen LogP contribution in [0.1, 0.15) is 47.1 Å². The maximum Gasteiger partial charge on any atom is 0.417 e. The average molecular weight is 499 g/mol. The molecule has 36 heavy (non-hydrogen) atoms. The van der Waals surface area contributed by atoms with Crippen molar-refractivity contribution in [1.82, 2.24) is 14.9 Å². The van der Waals surface area contributed by atoms with Gasteiger partial charge < -0.3 is 16.0 Å². The van der Waals surface area contributed by atoms with Crippen molar-refractivity contribution in [3.8, 4) is 0 Å². The summed E-state index contributed by atoms with van der Waals surface area (Å²) >= 11 is 0. The van der Waals surface area contributed by atoms with Crippen LogP contribution in [-0.4, -0.2) is 46.1 Å². The van der Waals surface area contributed by atoms with Gasteiger partial charge >= 0.3 is 6.18 Å². The van der Waals surface area contributed by atoms with Crippen LogP contribution in [0.2, 0.25) is 0 Å². The Labute approximate surface area is 208 Å². The molecule has 2 aromatic heterocycles. The molecule has 0 spiro atoms. The van der Waals surface area contributed by atoms with Gasteiger partial charge in [-0.15, -0.1) is 0 Å². The predicted molar refractivity (Wildman–Crippen MR) is 133 cm³/mol. The first-order chi connectivity index (χ1) is 17.1. The number of aryl methyl sites for hydroxylation is 1. The Morgan fingerprint density at radius 3 is 2.72 bits per heavy atom. The molecular formula is C26H29F3N6O. The molecule has 4 rings (SSSR count). The zero-order valence-corrected chi connectivity index (χ0v) is 20.2. The third kappa shape index (κ3) is 5.75. The maximum atomic E-state index is 13.8. The molecule has 3 heterocycles. The number of halogens is 3. The number of amides is 1. The van der Waals surface area contributed by atoms with Crippen molar-refractivity contribution in [2.24, 2.45) is 22.6 Å². The highest BCUT2D eigenvalue weighted by atomic mass is 19.4. The third-order valence-electron chi connectivity index (χ3n) is 6.62. The van der Waals surface area contributed by atoms with E-state index in [0.29, 0.717) is 47.7 Å². The Bertz CT molecular complexity index is 1210. The van der Waals surface area contributed by atoms with Crippen molar-refractivity contribution >= 4 is 23.6 Å². The second kappa shape index (κ2) is 10.1. The molecule has 1 aliphatic carbocycles. The number of likely N-dealkylation sites (tertiary alicyclic amines) is 1. The number of anilines is 1. The minimum atomic E-state index is -4.44. The van der Waals surface area contributed by atoms with Crippen LogP contribution in [0.25, 0.3) is 5.70 Å². The van der Waals surface area contributed by atoms with Crippen LogP contribution >= 0.6 is 0 Å². The first-order valence-electron chi connectivity index (χ1n) is 11.7. The van der Waals surface area contributed by atoms with Crippen LogP contribution in [0.5, 0.6) is 0 Å². The van der Waals surface area contributed by atoms with Gasteiger partial charge in [0, 0.05) is 42.8 Å². The van der Waals surface area contributed by atoms with Crippen LogP contribution in [0.15, 0.2) is 53.8 Å². The Hall–Kier alpha value is -3.69. The van der Waals surface area contributed by atoms with Crippen molar-refractivity contribution in [2.75, 3.05) is 18.4 Å². The van der Waals surface area contributed by atoms with Crippen molar-refractivity contribution in [2.45, 2.75) is 38.9 Å². The van der Waals surface area contributed by atoms with Crippen LogP contribution in [0.3, 0.4) is 0 Å². The minimum absolute atomic E-state index is 0.153. The number of rotatable bonds is 7. The highest BCUT2D eigenvalue weighted by Crippen LogP contribution is 2.47. The highest BCUT2D eigenvalue weighted by molar-refractivity contribution is 5.98. The number of hydrogen-bond donors (Lipinski definition) is 2. The summed E-state index contributed by atoms with van der Waals surface area (Å²) < 4.78 is 38.5. The summed E-state index contributed by atoms with van der Waals surface area (Å²) in [4.78, 5) is 28.4. The van der Waals surface area contributed by atoms with Gasteiger partial charge in [-0.3, -0.25) is 9.79 Å². The van der Waals surface area contributed by atoms with E-state index in [0.717, 1.165) is 30.7 Å². The molecule has 7 nitrogen and oxygen atoms in total. The highest BCUT2D eigenvalue weighted by Gasteiger charge is 2.47. The zero-order valence-electron chi connectivity index (χ0n) is 20.2. The van der Waals surface area contributed by atoms with E-state index in [1.807, 2.05) is 11.8 Å². The lowest BCUT2D eigenvalue weighted by Crippen LogP contribution is -2.48. The third-order valence-corrected chi connectivity index (χ3v) is 6.62. The molecule has 3 atom stereocenters. The second-order valence-electron chi connectivity index (χ2n) is 9.38. The van der Waals surface area contributed by atoms with Crippen molar-refractivity contribution in [3.05, 3.63) is 71.3 Å². The number of piperidine rings is 1. The van der Waals surface area contributed by atoms with Crippen LogP contribution in [0, 0.1) is 18.8 Å². The van der Waals surface area contributed by atoms with E-state index in [9.17, 15) is 18.0 Å². The summed E-state index contributed by atoms with van der Waals surface area (Å²) in [6.45, 7) is 8.61. The molecule has 1 amide bonds. The van der Waals surface area contributed by atoms with Gasteiger partial charge in [0.25, 0.3) is 5.91 Å². The van der Waals surface area contributed by atoms with Crippen molar-refractivity contribution in [1.29, 1.82) is 0 Å².